The quantitative estimate of drug-likeness (QED) is 0.201. The Balaban J connectivity index is 4.04. The summed E-state index contributed by atoms with van der Waals surface area (Å²) in [4.78, 5) is 3.95. The van der Waals surface area contributed by atoms with Gasteiger partial charge in [-0.05, 0) is 26.1 Å². The van der Waals surface area contributed by atoms with Crippen LogP contribution in [0.2, 0.25) is 0 Å². The van der Waals surface area contributed by atoms with Crippen LogP contribution in [-0.4, -0.2) is 48.2 Å². The van der Waals surface area contributed by atoms with Gasteiger partial charge in [0.25, 0.3) is 0 Å². The lowest BCUT2D eigenvalue weighted by Crippen LogP contribution is -2.49. The summed E-state index contributed by atoms with van der Waals surface area (Å²) in [6.07, 6.45) is 2.19. The van der Waals surface area contributed by atoms with Crippen molar-refractivity contribution in [1.82, 2.24) is 0 Å². The van der Waals surface area contributed by atoms with Crippen molar-refractivity contribution in [2.45, 2.75) is 26.7 Å². The van der Waals surface area contributed by atoms with Crippen molar-refractivity contribution in [3.05, 3.63) is 0 Å². The van der Waals surface area contributed by atoms with E-state index < -0.39 is 0 Å². The van der Waals surface area contributed by atoms with Crippen molar-refractivity contribution < 1.29 is 4.48 Å². The first-order valence-electron chi connectivity index (χ1n) is 5.69. The van der Waals surface area contributed by atoms with Crippen LogP contribution in [0.4, 0.5) is 0 Å². The first kappa shape index (κ1) is 15.0. The molecule has 0 N–H and O–H groups in total. The number of aliphatic imine (C=N–C) groups is 1. The molecule has 0 aliphatic rings. The van der Waals surface area contributed by atoms with Crippen LogP contribution in [0.1, 0.15) is 26.7 Å². The number of hydrogen-bond donors (Lipinski definition) is 0. The Labute approximate surface area is 104 Å². The normalized spacial score (nSPS) is 11.1. The summed E-state index contributed by atoms with van der Waals surface area (Å²) in [6.45, 7) is 10.0. The second-order valence-electron chi connectivity index (χ2n) is 3.79. The van der Waals surface area contributed by atoms with Crippen LogP contribution in [-0.2, 0) is 0 Å². The maximum absolute atomic E-state index is 5.75. The minimum atomic E-state index is 0.762. The molecule has 0 rings (SSSR count). The molecule has 15 heavy (non-hydrogen) atoms. The molecule has 0 radical (unpaired) electrons. The molecule has 0 aliphatic carbocycles. The molecule has 0 saturated carbocycles. The van der Waals surface area contributed by atoms with Gasteiger partial charge in [-0.25, -0.2) is 4.99 Å². The zero-order chi connectivity index (χ0) is 11.6. The van der Waals surface area contributed by atoms with Gasteiger partial charge in [0.15, 0.2) is 0 Å². The van der Waals surface area contributed by atoms with Crippen LogP contribution in [0.15, 0.2) is 4.99 Å². The maximum Gasteiger partial charge on any atom is 0.0804 e. The summed E-state index contributed by atoms with van der Waals surface area (Å²) in [7, 11) is 0. The molecule has 0 saturated heterocycles. The largest absolute Gasteiger partial charge is 0.324 e. The topological polar surface area (TPSA) is 12.4 Å². The number of hydrogen-bond acceptors (Lipinski definition) is 2. The number of rotatable bonds is 9. The van der Waals surface area contributed by atoms with Crippen molar-refractivity contribution >= 4 is 29.0 Å². The second-order valence-corrected chi connectivity index (χ2v) is 4.35. The predicted molar refractivity (Wildman–Crippen MR) is 70.9 cm³/mol. The van der Waals surface area contributed by atoms with E-state index in [0.29, 0.717) is 0 Å². The van der Waals surface area contributed by atoms with Crippen LogP contribution in [0, 0.1) is 0 Å². The number of alkyl halides is 1. The van der Waals surface area contributed by atoms with Gasteiger partial charge in [-0.15, -0.1) is 11.6 Å². The maximum atomic E-state index is 5.75. The van der Waals surface area contributed by atoms with E-state index in [1.807, 2.05) is 0 Å². The minimum Gasteiger partial charge on any atom is -0.324 e. The Morgan fingerprint density at radius 1 is 1.20 bits per heavy atom. The molecule has 0 aromatic rings. The Kier molecular flexibility index (Phi) is 9.32. The zero-order valence-corrected chi connectivity index (χ0v) is 11.4. The van der Waals surface area contributed by atoms with E-state index in [1.54, 1.807) is 0 Å². The van der Waals surface area contributed by atoms with Crippen molar-refractivity contribution in [3.8, 4) is 0 Å². The Morgan fingerprint density at radius 3 is 2.27 bits per heavy atom. The minimum absolute atomic E-state index is 0.762. The van der Waals surface area contributed by atoms with Gasteiger partial charge in [-0.1, -0.05) is 0 Å². The fraction of sp³-hybridized carbons (Fsp3) is 0.909. The number of isothiocyanates is 1. The Hall–Kier alpha value is 0.0500. The molecule has 0 amide bonds. The lowest BCUT2D eigenvalue weighted by Gasteiger charge is -2.36. The van der Waals surface area contributed by atoms with Gasteiger partial charge >= 0.3 is 0 Å². The summed E-state index contributed by atoms with van der Waals surface area (Å²) < 4.78 is 1.15. The fourth-order valence-electron chi connectivity index (χ4n) is 1.89. The van der Waals surface area contributed by atoms with Crippen LogP contribution < -0.4 is 0 Å². The van der Waals surface area contributed by atoms with E-state index in [-0.39, 0.29) is 0 Å². The molecule has 0 heterocycles. The lowest BCUT2D eigenvalue weighted by molar-refractivity contribution is -0.925. The highest BCUT2D eigenvalue weighted by Gasteiger charge is 2.21. The molecule has 0 unspecified atom stereocenters. The number of nitrogens with zero attached hydrogens (tertiary/aromatic N) is 2. The predicted octanol–water partition coefficient (Wildman–Crippen LogP) is 2.96. The van der Waals surface area contributed by atoms with Crippen LogP contribution in [0.3, 0.4) is 0 Å². The molecule has 88 valence electrons. The van der Waals surface area contributed by atoms with Crippen LogP contribution in [0.5, 0.6) is 0 Å². The van der Waals surface area contributed by atoms with Gasteiger partial charge in [0.1, 0.15) is 0 Å². The van der Waals surface area contributed by atoms with Crippen molar-refractivity contribution in [1.29, 1.82) is 0 Å². The molecule has 0 spiro atoms. The second kappa shape index (κ2) is 9.29. The summed E-state index contributed by atoms with van der Waals surface area (Å²) in [5.41, 5.74) is 0. The highest BCUT2D eigenvalue weighted by molar-refractivity contribution is 7.78. The summed E-state index contributed by atoms with van der Waals surface area (Å²) >= 11 is 10.3. The summed E-state index contributed by atoms with van der Waals surface area (Å²) in [6, 6.07) is 0. The molecule has 0 aromatic carbocycles. The highest BCUT2D eigenvalue weighted by atomic mass is 35.5. The van der Waals surface area contributed by atoms with E-state index in [0.717, 1.165) is 29.7 Å². The Morgan fingerprint density at radius 2 is 1.80 bits per heavy atom. The third-order valence-electron chi connectivity index (χ3n) is 3.07. The van der Waals surface area contributed by atoms with E-state index in [4.69, 9.17) is 11.6 Å². The van der Waals surface area contributed by atoms with E-state index >= 15 is 0 Å². The molecule has 4 heteroatoms. The summed E-state index contributed by atoms with van der Waals surface area (Å²) in [5, 5.41) is 2.41. The smallest absolute Gasteiger partial charge is 0.0804 e. The first-order valence-corrected chi connectivity index (χ1v) is 6.63. The van der Waals surface area contributed by atoms with Gasteiger partial charge in [-0.3, -0.25) is 0 Å². The van der Waals surface area contributed by atoms with E-state index in [2.05, 4.69) is 36.2 Å². The molecule has 0 bridgehead atoms. The molecular formula is C11H22ClN2S+. The van der Waals surface area contributed by atoms with Gasteiger partial charge in [0.2, 0.25) is 0 Å². The van der Waals surface area contributed by atoms with Gasteiger partial charge in [-0.2, -0.15) is 0 Å². The van der Waals surface area contributed by atoms with Crippen LogP contribution in [0.25, 0.3) is 0 Å². The number of thiocarbonyl (C=S) groups is 1. The van der Waals surface area contributed by atoms with Crippen molar-refractivity contribution in [2.75, 3.05) is 38.6 Å². The first-order chi connectivity index (χ1) is 7.24. The van der Waals surface area contributed by atoms with Crippen molar-refractivity contribution in [2.24, 2.45) is 4.99 Å². The highest BCUT2D eigenvalue weighted by Crippen LogP contribution is 2.09. The third-order valence-corrected chi connectivity index (χ3v) is 3.47. The zero-order valence-electron chi connectivity index (χ0n) is 9.84. The van der Waals surface area contributed by atoms with E-state index in [1.165, 1.54) is 26.2 Å². The molecule has 0 aromatic heterocycles. The fourth-order valence-corrected chi connectivity index (χ4v) is 2.10. The molecule has 0 fully saturated rings. The Bertz CT molecular complexity index is 199. The average Bonchev–Trinajstić information content (AvgIpc) is 2.29. The average molecular weight is 250 g/mol. The molecular weight excluding hydrogens is 228 g/mol. The number of halogens is 1. The SMILES string of the molecule is CC[N+](CC)(CCCCl)CCCN=C=S. The summed E-state index contributed by atoms with van der Waals surface area (Å²) in [5.74, 6) is 0.762. The van der Waals surface area contributed by atoms with Gasteiger partial charge in [0.05, 0.1) is 37.9 Å². The third kappa shape index (κ3) is 6.26. The molecule has 0 aliphatic heterocycles. The standard InChI is InChI=1S/C11H22ClN2S/c1-3-14(4-2,9-5-7-12)10-6-8-13-11-15/h3-10H2,1-2H3/q+1. The van der Waals surface area contributed by atoms with E-state index in [9.17, 15) is 0 Å². The monoisotopic (exact) mass is 249 g/mol. The number of quaternary nitrogens is 1. The molecule has 2 nitrogen and oxygen atoms in total. The molecule has 0 atom stereocenters. The van der Waals surface area contributed by atoms with Gasteiger partial charge in [0, 0.05) is 18.7 Å². The van der Waals surface area contributed by atoms with Gasteiger partial charge < -0.3 is 4.48 Å². The van der Waals surface area contributed by atoms with Crippen LogP contribution >= 0.6 is 23.8 Å². The lowest BCUT2D eigenvalue weighted by atomic mass is 10.2. The van der Waals surface area contributed by atoms with Crippen molar-refractivity contribution in [3.63, 3.8) is 0 Å².